The lowest BCUT2D eigenvalue weighted by Gasteiger charge is -2.15. The molecule has 1 atom stereocenters. The third-order valence-electron chi connectivity index (χ3n) is 4.06. The number of H-pyrrole nitrogens is 1. The minimum absolute atomic E-state index is 0.283. The SMILES string of the molecule is CC(NC(=O)c1cn[nH]c1-c1cccc(Cl)c1)c1ccc(NS(C)(=O)=O)cc1. The molecule has 0 aliphatic heterocycles. The number of nitrogens with zero attached hydrogens (tertiary/aromatic N) is 1. The number of hydrogen-bond donors (Lipinski definition) is 3. The van der Waals surface area contributed by atoms with E-state index in [0.717, 1.165) is 17.4 Å². The fourth-order valence-electron chi connectivity index (χ4n) is 2.73. The number of aromatic amines is 1. The van der Waals surface area contributed by atoms with Gasteiger partial charge >= 0.3 is 0 Å². The summed E-state index contributed by atoms with van der Waals surface area (Å²) < 4.78 is 25.0. The molecule has 3 N–H and O–H groups in total. The van der Waals surface area contributed by atoms with Crippen LogP contribution in [0.15, 0.2) is 54.7 Å². The topological polar surface area (TPSA) is 104 Å². The Morgan fingerprint density at radius 3 is 2.54 bits per heavy atom. The summed E-state index contributed by atoms with van der Waals surface area (Å²) in [7, 11) is -3.33. The van der Waals surface area contributed by atoms with Crippen molar-refractivity contribution >= 4 is 33.2 Å². The van der Waals surface area contributed by atoms with Gasteiger partial charge in [-0.2, -0.15) is 5.10 Å². The number of halogens is 1. The lowest BCUT2D eigenvalue weighted by atomic mass is 10.1. The van der Waals surface area contributed by atoms with Crippen molar-refractivity contribution in [2.45, 2.75) is 13.0 Å². The summed E-state index contributed by atoms with van der Waals surface area (Å²) in [5, 5.41) is 10.3. The summed E-state index contributed by atoms with van der Waals surface area (Å²) in [5.74, 6) is -0.283. The van der Waals surface area contributed by atoms with Crippen LogP contribution in [0.25, 0.3) is 11.3 Å². The first-order valence-electron chi connectivity index (χ1n) is 8.41. The maximum absolute atomic E-state index is 12.7. The second-order valence-corrected chi connectivity index (χ2v) is 8.55. The van der Waals surface area contributed by atoms with E-state index in [2.05, 4.69) is 20.2 Å². The predicted molar refractivity (Wildman–Crippen MR) is 110 cm³/mol. The molecular weight excluding hydrogens is 400 g/mol. The van der Waals surface area contributed by atoms with Gasteiger partial charge in [0.15, 0.2) is 0 Å². The summed E-state index contributed by atoms with van der Waals surface area (Å²) in [6, 6.07) is 13.7. The van der Waals surface area contributed by atoms with Crippen LogP contribution in [-0.2, 0) is 10.0 Å². The van der Waals surface area contributed by atoms with E-state index >= 15 is 0 Å². The van der Waals surface area contributed by atoms with E-state index < -0.39 is 10.0 Å². The third-order valence-corrected chi connectivity index (χ3v) is 4.90. The molecule has 0 fully saturated rings. The first-order chi connectivity index (χ1) is 13.2. The molecule has 7 nitrogen and oxygen atoms in total. The van der Waals surface area contributed by atoms with Crippen LogP contribution in [-0.4, -0.2) is 30.8 Å². The molecule has 9 heteroatoms. The summed E-state index contributed by atoms with van der Waals surface area (Å²) in [5.41, 5.74) is 3.05. The lowest BCUT2D eigenvalue weighted by Crippen LogP contribution is -2.26. The zero-order valence-corrected chi connectivity index (χ0v) is 16.8. The van der Waals surface area contributed by atoms with Gasteiger partial charge in [-0.05, 0) is 36.8 Å². The van der Waals surface area contributed by atoms with E-state index in [1.165, 1.54) is 6.20 Å². The number of benzene rings is 2. The standard InChI is InChI=1S/C19H19ClN4O3S/c1-12(13-6-8-16(9-7-13)24-28(2,26)27)22-19(25)17-11-21-23-18(17)14-4-3-5-15(20)10-14/h3-12,24H,1-2H3,(H,21,23)(H,22,25). The molecule has 28 heavy (non-hydrogen) atoms. The number of nitrogens with one attached hydrogen (secondary N) is 3. The number of carbonyl (C=O) groups is 1. The Bertz CT molecular complexity index is 1090. The highest BCUT2D eigenvalue weighted by Crippen LogP contribution is 2.25. The quantitative estimate of drug-likeness (QED) is 0.569. The highest BCUT2D eigenvalue weighted by atomic mass is 35.5. The molecule has 0 spiro atoms. The molecule has 0 aliphatic carbocycles. The second kappa shape index (κ2) is 8.04. The third kappa shape index (κ3) is 4.90. The molecule has 3 rings (SSSR count). The monoisotopic (exact) mass is 418 g/mol. The van der Waals surface area contributed by atoms with Gasteiger partial charge in [-0.15, -0.1) is 0 Å². The minimum atomic E-state index is -3.33. The molecule has 0 saturated heterocycles. The molecule has 146 valence electrons. The Morgan fingerprint density at radius 1 is 1.18 bits per heavy atom. The van der Waals surface area contributed by atoms with Crippen molar-refractivity contribution in [2.75, 3.05) is 11.0 Å². The van der Waals surface area contributed by atoms with Crippen molar-refractivity contribution in [1.82, 2.24) is 15.5 Å². The molecule has 0 radical (unpaired) electrons. The smallest absolute Gasteiger partial charge is 0.255 e. The van der Waals surface area contributed by atoms with E-state index in [0.29, 0.717) is 22.0 Å². The van der Waals surface area contributed by atoms with Crippen molar-refractivity contribution < 1.29 is 13.2 Å². The van der Waals surface area contributed by atoms with Gasteiger partial charge in [0.25, 0.3) is 5.91 Å². The van der Waals surface area contributed by atoms with Crippen molar-refractivity contribution in [2.24, 2.45) is 0 Å². The van der Waals surface area contributed by atoms with Crippen molar-refractivity contribution in [1.29, 1.82) is 0 Å². The van der Waals surface area contributed by atoms with Gasteiger partial charge in [0.2, 0.25) is 10.0 Å². The number of amides is 1. The van der Waals surface area contributed by atoms with Crippen molar-refractivity contribution in [3.63, 3.8) is 0 Å². The fraction of sp³-hybridized carbons (Fsp3) is 0.158. The van der Waals surface area contributed by atoms with Crippen LogP contribution < -0.4 is 10.0 Å². The number of anilines is 1. The Balaban J connectivity index is 1.74. The van der Waals surface area contributed by atoms with Gasteiger partial charge in [0, 0.05) is 16.3 Å². The van der Waals surface area contributed by atoms with Gasteiger partial charge in [-0.1, -0.05) is 35.9 Å². The predicted octanol–water partition coefficient (Wildman–Crippen LogP) is 3.59. The molecule has 0 saturated carbocycles. The average molecular weight is 419 g/mol. The highest BCUT2D eigenvalue weighted by molar-refractivity contribution is 7.92. The zero-order valence-electron chi connectivity index (χ0n) is 15.2. The second-order valence-electron chi connectivity index (χ2n) is 6.36. The van der Waals surface area contributed by atoms with E-state index in [4.69, 9.17) is 11.6 Å². The van der Waals surface area contributed by atoms with Crippen LogP contribution in [0.2, 0.25) is 5.02 Å². The van der Waals surface area contributed by atoms with Crippen LogP contribution in [0.1, 0.15) is 28.9 Å². The van der Waals surface area contributed by atoms with E-state index in [9.17, 15) is 13.2 Å². The number of sulfonamides is 1. The van der Waals surface area contributed by atoms with Crippen LogP contribution in [0, 0.1) is 0 Å². The Kier molecular flexibility index (Phi) is 5.71. The maximum atomic E-state index is 12.7. The summed E-state index contributed by atoms with van der Waals surface area (Å²) >= 11 is 6.03. The summed E-state index contributed by atoms with van der Waals surface area (Å²) in [6.45, 7) is 1.84. The maximum Gasteiger partial charge on any atom is 0.255 e. The van der Waals surface area contributed by atoms with E-state index in [-0.39, 0.29) is 11.9 Å². The van der Waals surface area contributed by atoms with Crippen LogP contribution >= 0.6 is 11.6 Å². The molecule has 3 aromatic rings. The number of rotatable bonds is 6. The molecule has 0 aliphatic rings. The van der Waals surface area contributed by atoms with E-state index in [1.807, 2.05) is 13.0 Å². The van der Waals surface area contributed by atoms with Gasteiger partial charge in [-0.3, -0.25) is 14.6 Å². The molecule has 1 unspecified atom stereocenters. The largest absolute Gasteiger partial charge is 0.345 e. The first kappa shape index (κ1) is 19.9. The average Bonchev–Trinajstić information content (AvgIpc) is 3.11. The lowest BCUT2D eigenvalue weighted by molar-refractivity contribution is 0.0940. The Labute approximate surface area is 168 Å². The van der Waals surface area contributed by atoms with Crippen LogP contribution in [0.3, 0.4) is 0 Å². The highest BCUT2D eigenvalue weighted by Gasteiger charge is 2.18. The van der Waals surface area contributed by atoms with Crippen molar-refractivity contribution in [3.05, 3.63) is 70.9 Å². The number of hydrogen-bond acceptors (Lipinski definition) is 4. The Hall–Kier alpha value is -2.84. The van der Waals surface area contributed by atoms with Crippen LogP contribution in [0.5, 0.6) is 0 Å². The molecule has 1 aromatic heterocycles. The van der Waals surface area contributed by atoms with Gasteiger partial charge in [-0.25, -0.2) is 8.42 Å². The van der Waals surface area contributed by atoms with Gasteiger partial charge < -0.3 is 5.32 Å². The zero-order chi connectivity index (χ0) is 20.3. The van der Waals surface area contributed by atoms with Gasteiger partial charge in [0.1, 0.15) is 0 Å². The van der Waals surface area contributed by atoms with Crippen molar-refractivity contribution in [3.8, 4) is 11.3 Å². The molecule has 1 amide bonds. The fourth-order valence-corrected chi connectivity index (χ4v) is 3.49. The Morgan fingerprint density at radius 2 is 1.89 bits per heavy atom. The number of carbonyl (C=O) groups excluding carboxylic acids is 1. The number of aromatic nitrogens is 2. The first-order valence-corrected chi connectivity index (χ1v) is 10.7. The van der Waals surface area contributed by atoms with Gasteiger partial charge in [0.05, 0.1) is 29.8 Å². The molecule has 0 bridgehead atoms. The van der Waals surface area contributed by atoms with Crippen LogP contribution in [0.4, 0.5) is 5.69 Å². The summed E-state index contributed by atoms with van der Waals surface area (Å²) in [4.78, 5) is 12.7. The normalized spacial score (nSPS) is 12.4. The molecule has 2 aromatic carbocycles. The van der Waals surface area contributed by atoms with E-state index in [1.54, 1.807) is 42.5 Å². The molecule has 1 heterocycles. The molecular formula is C19H19ClN4O3S. The minimum Gasteiger partial charge on any atom is -0.345 e. The summed E-state index contributed by atoms with van der Waals surface area (Å²) in [6.07, 6.45) is 2.56.